The monoisotopic (exact) mass is 336 g/mol. The lowest BCUT2D eigenvalue weighted by Crippen LogP contribution is -2.51. The van der Waals surface area contributed by atoms with Crippen LogP contribution in [0, 0.1) is 47.3 Å². The highest BCUT2D eigenvalue weighted by Gasteiger charge is 2.55. The first-order valence-electron chi connectivity index (χ1n) is 10.7. The summed E-state index contributed by atoms with van der Waals surface area (Å²) in [5, 5.41) is 0. The summed E-state index contributed by atoms with van der Waals surface area (Å²) < 4.78 is 28.1. The summed E-state index contributed by atoms with van der Waals surface area (Å²) in [7, 11) is 0. The van der Waals surface area contributed by atoms with E-state index < -0.39 is 11.3 Å². The van der Waals surface area contributed by atoms with Crippen LogP contribution in [0.2, 0.25) is 0 Å². The van der Waals surface area contributed by atoms with Crippen LogP contribution in [-0.4, -0.2) is 11.3 Å². The van der Waals surface area contributed by atoms with Crippen molar-refractivity contribution in [2.75, 3.05) is 0 Å². The summed E-state index contributed by atoms with van der Waals surface area (Å²) in [5.41, 5.74) is -1.44. The molecule has 0 aromatic rings. The second-order valence-corrected chi connectivity index (χ2v) is 11.0. The van der Waals surface area contributed by atoms with Crippen LogP contribution in [0.15, 0.2) is 0 Å². The van der Waals surface area contributed by atoms with E-state index in [1.54, 1.807) is 0 Å². The Hall–Kier alpha value is -0.140. The van der Waals surface area contributed by atoms with E-state index in [1.807, 2.05) is 0 Å². The van der Waals surface area contributed by atoms with Crippen molar-refractivity contribution in [3.63, 3.8) is 0 Å². The normalized spacial score (nSPS) is 62.5. The number of hydrogen-bond acceptors (Lipinski definition) is 0. The Kier molecular flexibility index (Phi) is 3.48. The minimum Gasteiger partial charge on any atom is -0.244 e. The molecule has 0 radical (unpaired) electrons. The number of halogens is 2. The molecule has 0 saturated heterocycles. The molecule has 0 aliphatic heterocycles. The second-order valence-electron chi connectivity index (χ2n) is 11.0. The fourth-order valence-electron chi connectivity index (χ4n) is 8.36. The molecule has 0 nitrogen and oxygen atoms in total. The molecule has 0 heterocycles. The van der Waals surface area contributed by atoms with Crippen LogP contribution in [-0.2, 0) is 0 Å². The van der Waals surface area contributed by atoms with Gasteiger partial charge in [0.1, 0.15) is 11.3 Å². The lowest BCUT2D eigenvalue weighted by Gasteiger charge is -2.56. The SMILES string of the molecule is CC1C2CC3CC1CC(F)(C3)C2.CC1C2CC3CC1CC(F)(C3)C2. The van der Waals surface area contributed by atoms with Crippen molar-refractivity contribution in [3.05, 3.63) is 0 Å². The molecule has 0 aromatic heterocycles. The van der Waals surface area contributed by atoms with E-state index >= 15 is 0 Å². The van der Waals surface area contributed by atoms with Crippen molar-refractivity contribution in [1.29, 1.82) is 0 Å². The molecular weight excluding hydrogens is 302 g/mol. The van der Waals surface area contributed by atoms with E-state index in [9.17, 15) is 8.78 Å². The zero-order chi connectivity index (χ0) is 16.7. The third-order valence-electron chi connectivity index (χ3n) is 9.34. The third-order valence-corrected chi connectivity index (χ3v) is 9.34. The van der Waals surface area contributed by atoms with Crippen molar-refractivity contribution < 1.29 is 8.78 Å². The van der Waals surface area contributed by atoms with Crippen molar-refractivity contribution >= 4 is 0 Å². The fourth-order valence-corrected chi connectivity index (χ4v) is 8.36. The van der Waals surface area contributed by atoms with Crippen molar-refractivity contribution in [3.8, 4) is 0 Å². The number of hydrogen-bond donors (Lipinski definition) is 0. The Balaban J connectivity index is 0.000000109. The van der Waals surface area contributed by atoms with Gasteiger partial charge in [-0.2, -0.15) is 0 Å². The van der Waals surface area contributed by atoms with Gasteiger partial charge in [-0.15, -0.1) is 0 Å². The summed E-state index contributed by atoms with van der Waals surface area (Å²) in [6.07, 6.45) is 10.7. The molecule has 4 unspecified atom stereocenters. The van der Waals surface area contributed by atoms with Gasteiger partial charge in [-0.1, -0.05) is 13.8 Å². The van der Waals surface area contributed by atoms with Crippen molar-refractivity contribution in [1.82, 2.24) is 0 Å². The Bertz CT molecular complexity index is 436. The highest BCUT2D eigenvalue weighted by molar-refractivity contribution is 5.05. The minimum absolute atomic E-state index is 0.719. The molecular formula is C22H34F2. The highest BCUT2D eigenvalue weighted by Crippen LogP contribution is 2.60. The average molecular weight is 337 g/mol. The second kappa shape index (κ2) is 5.19. The Morgan fingerprint density at radius 1 is 0.542 bits per heavy atom. The Labute approximate surface area is 146 Å². The van der Waals surface area contributed by atoms with Crippen LogP contribution in [0.25, 0.3) is 0 Å². The molecule has 136 valence electrons. The standard InChI is InChI=1S/2C11H17F/c2*1-7-9-2-8-3-10(7)6-11(12,4-8)5-9/h2*7-10H,2-6H2,1H3. The summed E-state index contributed by atoms with van der Waals surface area (Å²) in [6, 6.07) is 0. The highest BCUT2D eigenvalue weighted by atomic mass is 19.1. The number of rotatable bonds is 0. The summed E-state index contributed by atoms with van der Waals surface area (Å²) in [6.45, 7) is 4.69. The Morgan fingerprint density at radius 2 is 0.833 bits per heavy atom. The van der Waals surface area contributed by atoms with Crippen LogP contribution in [0.5, 0.6) is 0 Å². The molecule has 8 aliphatic rings. The molecule has 0 aromatic carbocycles. The first-order chi connectivity index (χ1) is 11.3. The van der Waals surface area contributed by atoms with E-state index in [-0.39, 0.29) is 0 Å². The fraction of sp³-hybridized carbons (Fsp3) is 1.00. The topological polar surface area (TPSA) is 0 Å². The molecule has 0 N–H and O–H groups in total. The molecule has 4 atom stereocenters. The van der Waals surface area contributed by atoms with Gasteiger partial charge in [-0.25, -0.2) is 8.78 Å². The van der Waals surface area contributed by atoms with Gasteiger partial charge in [-0.05, 0) is 112 Å². The quantitative estimate of drug-likeness (QED) is 0.484. The van der Waals surface area contributed by atoms with Crippen molar-refractivity contribution in [2.45, 2.75) is 89.4 Å². The first kappa shape index (κ1) is 16.1. The van der Waals surface area contributed by atoms with Crippen LogP contribution >= 0.6 is 0 Å². The maximum atomic E-state index is 14.1. The van der Waals surface area contributed by atoms with Gasteiger partial charge in [-0.3, -0.25) is 0 Å². The van der Waals surface area contributed by atoms with Crippen molar-refractivity contribution in [2.24, 2.45) is 47.3 Å². The molecule has 8 aliphatic carbocycles. The van der Waals surface area contributed by atoms with Crippen LogP contribution in [0.1, 0.15) is 78.1 Å². The maximum Gasteiger partial charge on any atom is 0.111 e. The summed E-state index contributed by atoms with van der Waals surface area (Å²) in [5.74, 6) is 6.10. The molecule has 0 spiro atoms. The van der Waals surface area contributed by atoms with Gasteiger partial charge in [0.25, 0.3) is 0 Å². The lowest BCUT2D eigenvalue weighted by molar-refractivity contribution is -0.104. The smallest absolute Gasteiger partial charge is 0.111 e. The van der Waals surface area contributed by atoms with Crippen LogP contribution in [0.4, 0.5) is 8.78 Å². The average Bonchev–Trinajstić information content (AvgIpc) is 2.47. The molecule has 24 heavy (non-hydrogen) atoms. The molecule has 8 saturated carbocycles. The van der Waals surface area contributed by atoms with Crippen LogP contribution < -0.4 is 0 Å². The summed E-state index contributed by atoms with van der Waals surface area (Å²) >= 11 is 0. The van der Waals surface area contributed by atoms with Crippen LogP contribution in [0.3, 0.4) is 0 Å². The number of alkyl halides is 2. The zero-order valence-electron chi connectivity index (χ0n) is 15.4. The summed E-state index contributed by atoms with van der Waals surface area (Å²) in [4.78, 5) is 0. The van der Waals surface area contributed by atoms with E-state index in [1.165, 1.54) is 25.7 Å². The Morgan fingerprint density at radius 3 is 1.08 bits per heavy atom. The predicted molar refractivity (Wildman–Crippen MR) is 93.1 cm³/mol. The maximum absolute atomic E-state index is 14.1. The van der Waals surface area contributed by atoms with Gasteiger partial charge in [0, 0.05) is 0 Å². The first-order valence-corrected chi connectivity index (χ1v) is 10.7. The molecule has 2 heteroatoms. The van der Waals surface area contributed by atoms with Gasteiger partial charge >= 0.3 is 0 Å². The molecule has 8 rings (SSSR count). The van der Waals surface area contributed by atoms with E-state index in [2.05, 4.69) is 13.8 Å². The minimum atomic E-state index is -0.719. The third kappa shape index (κ3) is 2.49. The molecule has 8 fully saturated rings. The van der Waals surface area contributed by atoms with E-state index in [0.29, 0.717) is 0 Å². The predicted octanol–water partition coefficient (Wildman–Crippen LogP) is 6.34. The molecule has 8 bridgehead atoms. The van der Waals surface area contributed by atoms with E-state index in [0.717, 1.165) is 85.9 Å². The van der Waals surface area contributed by atoms with Gasteiger partial charge < -0.3 is 0 Å². The van der Waals surface area contributed by atoms with E-state index in [4.69, 9.17) is 0 Å². The van der Waals surface area contributed by atoms with Gasteiger partial charge in [0.2, 0.25) is 0 Å². The van der Waals surface area contributed by atoms with Gasteiger partial charge in [0.05, 0.1) is 0 Å². The largest absolute Gasteiger partial charge is 0.244 e. The molecule has 0 amide bonds. The lowest BCUT2D eigenvalue weighted by atomic mass is 9.51. The zero-order valence-corrected chi connectivity index (χ0v) is 15.4. The van der Waals surface area contributed by atoms with Gasteiger partial charge in [0.15, 0.2) is 0 Å².